The van der Waals surface area contributed by atoms with Crippen molar-refractivity contribution >= 4 is 16.5 Å². The van der Waals surface area contributed by atoms with E-state index < -0.39 is 0 Å². The lowest BCUT2D eigenvalue weighted by molar-refractivity contribution is 0.240. The van der Waals surface area contributed by atoms with Crippen LogP contribution >= 0.6 is 11.3 Å². The molecule has 18 heavy (non-hydrogen) atoms. The van der Waals surface area contributed by atoms with Gasteiger partial charge in [0.05, 0.1) is 0 Å². The molecule has 1 aromatic heterocycles. The molecule has 0 aliphatic carbocycles. The van der Waals surface area contributed by atoms with E-state index >= 15 is 0 Å². The zero-order valence-corrected chi connectivity index (χ0v) is 13.0. The zero-order valence-electron chi connectivity index (χ0n) is 12.2. The maximum absolute atomic E-state index is 4.42. The molecule has 0 fully saturated rings. The van der Waals surface area contributed by atoms with Crippen molar-refractivity contribution in [1.82, 2.24) is 9.88 Å². The molecule has 1 N–H and O–H groups in total. The monoisotopic (exact) mass is 269 g/mol. The third kappa shape index (κ3) is 5.36. The summed E-state index contributed by atoms with van der Waals surface area (Å²) in [6.45, 7) is 13.3. The van der Waals surface area contributed by atoms with Crippen LogP contribution < -0.4 is 5.32 Å². The minimum absolute atomic E-state index is 0.774. The number of nitrogens with zero attached hydrogens (tertiary/aromatic N) is 2. The van der Waals surface area contributed by atoms with Crippen LogP contribution in [0.3, 0.4) is 0 Å². The van der Waals surface area contributed by atoms with Crippen molar-refractivity contribution in [3.8, 4) is 0 Å². The normalized spacial score (nSPS) is 12.9. The second-order valence-electron chi connectivity index (χ2n) is 4.90. The highest BCUT2D eigenvalue weighted by Crippen LogP contribution is 2.20. The van der Waals surface area contributed by atoms with Crippen molar-refractivity contribution in [2.45, 2.75) is 47.1 Å². The van der Waals surface area contributed by atoms with Gasteiger partial charge in [0.25, 0.3) is 0 Å². The summed E-state index contributed by atoms with van der Waals surface area (Å²) in [5, 5.41) is 4.41. The zero-order chi connectivity index (χ0) is 13.4. The standard InChI is InChI=1S/C14H27N3S/c1-5-8-15-14-16-9-13(18-14)11-17(7-3)10-12(4)6-2/h9,12H,5-8,10-11H2,1-4H3,(H,15,16). The molecule has 0 saturated heterocycles. The van der Waals surface area contributed by atoms with E-state index in [-0.39, 0.29) is 0 Å². The molecule has 1 unspecified atom stereocenters. The maximum Gasteiger partial charge on any atom is 0.182 e. The molecule has 1 aromatic rings. The number of hydrogen-bond donors (Lipinski definition) is 1. The van der Waals surface area contributed by atoms with E-state index in [1.807, 2.05) is 6.20 Å². The van der Waals surface area contributed by atoms with E-state index in [2.05, 4.69) is 42.9 Å². The van der Waals surface area contributed by atoms with Gasteiger partial charge >= 0.3 is 0 Å². The molecule has 0 amide bonds. The Bertz CT molecular complexity index is 325. The highest BCUT2D eigenvalue weighted by Gasteiger charge is 2.10. The fourth-order valence-electron chi connectivity index (χ4n) is 1.79. The van der Waals surface area contributed by atoms with Gasteiger partial charge in [-0.3, -0.25) is 4.90 Å². The first-order chi connectivity index (χ1) is 8.69. The van der Waals surface area contributed by atoms with Crippen LogP contribution in [-0.2, 0) is 6.54 Å². The Morgan fingerprint density at radius 2 is 2.17 bits per heavy atom. The van der Waals surface area contributed by atoms with Gasteiger partial charge in [-0.2, -0.15) is 0 Å². The molecule has 0 aliphatic rings. The predicted molar refractivity (Wildman–Crippen MR) is 81.3 cm³/mol. The lowest BCUT2D eigenvalue weighted by Crippen LogP contribution is -2.27. The predicted octanol–water partition coefficient (Wildman–Crippen LogP) is 3.83. The van der Waals surface area contributed by atoms with Gasteiger partial charge in [0, 0.05) is 30.7 Å². The van der Waals surface area contributed by atoms with E-state index in [4.69, 9.17) is 0 Å². The van der Waals surface area contributed by atoms with E-state index in [9.17, 15) is 0 Å². The molecule has 1 atom stereocenters. The number of aromatic nitrogens is 1. The van der Waals surface area contributed by atoms with Crippen LogP contribution in [0.25, 0.3) is 0 Å². The quantitative estimate of drug-likeness (QED) is 0.738. The van der Waals surface area contributed by atoms with Gasteiger partial charge in [-0.1, -0.05) is 34.1 Å². The van der Waals surface area contributed by atoms with Crippen LogP contribution in [0.4, 0.5) is 5.13 Å². The Balaban J connectivity index is 2.46. The SMILES string of the molecule is CCCNc1ncc(CN(CC)CC(C)CC)s1. The van der Waals surface area contributed by atoms with Gasteiger partial charge in [-0.25, -0.2) is 4.98 Å². The number of nitrogens with one attached hydrogen (secondary N) is 1. The molecule has 0 bridgehead atoms. The van der Waals surface area contributed by atoms with Crippen LogP contribution in [0.15, 0.2) is 6.20 Å². The van der Waals surface area contributed by atoms with Gasteiger partial charge in [-0.05, 0) is 18.9 Å². The van der Waals surface area contributed by atoms with Crippen LogP contribution in [-0.4, -0.2) is 29.5 Å². The first kappa shape index (κ1) is 15.4. The minimum Gasteiger partial charge on any atom is -0.362 e. The lowest BCUT2D eigenvalue weighted by atomic mass is 10.1. The van der Waals surface area contributed by atoms with Crippen molar-refractivity contribution in [3.63, 3.8) is 0 Å². The summed E-state index contributed by atoms with van der Waals surface area (Å²) in [5.41, 5.74) is 0. The Kier molecular flexibility index (Phi) is 7.28. The van der Waals surface area contributed by atoms with Gasteiger partial charge in [-0.15, -0.1) is 11.3 Å². The van der Waals surface area contributed by atoms with Gasteiger partial charge < -0.3 is 5.32 Å². The van der Waals surface area contributed by atoms with E-state index in [1.54, 1.807) is 11.3 Å². The second kappa shape index (κ2) is 8.48. The average molecular weight is 269 g/mol. The number of rotatable bonds is 9. The topological polar surface area (TPSA) is 28.2 Å². The number of thiazole rings is 1. The first-order valence-electron chi connectivity index (χ1n) is 7.10. The smallest absolute Gasteiger partial charge is 0.182 e. The number of anilines is 1. The molecule has 1 heterocycles. The molecular formula is C14H27N3S. The summed E-state index contributed by atoms with van der Waals surface area (Å²) in [4.78, 5) is 8.29. The van der Waals surface area contributed by atoms with E-state index in [0.717, 1.165) is 37.1 Å². The number of hydrogen-bond acceptors (Lipinski definition) is 4. The molecule has 0 radical (unpaired) electrons. The fourth-order valence-corrected chi connectivity index (χ4v) is 2.67. The highest BCUT2D eigenvalue weighted by atomic mass is 32.1. The molecular weight excluding hydrogens is 242 g/mol. The van der Waals surface area contributed by atoms with Crippen LogP contribution in [0.1, 0.15) is 45.4 Å². The highest BCUT2D eigenvalue weighted by molar-refractivity contribution is 7.15. The maximum atomic E-state index is 4.42. The molecule has 0 spiro atoms. The summed E-state index contributed by atoms with van der Waals surface area (Å²) in [6, 6.07) is 0. The van der Waals surface area contributed by atoms with Crippen molar-refractivity contribution in [3.05, 3.63) is 11.1 Å². The first-order valence-corrected chi connectivity index (χ1v) is 7.92. The Morgan fingerprint density at radius 1 is 1.39 bits per heavy atom. The van der Waals surface area contributed by atoms with Crippen LogP contribution in [0.2, 0.25) is 0 Å². The van der Waals surface area contributed by atoms with Crippen molar-refractivity contribution < 1.29 is 0 Å². The molecule has 0 aromatic carbocycles. The molecule has 1 rings (SSSR count). The van der Waals surface area contributed by atoms with Gasteiger partial charge in [0.15, 0.2) is 5.13 Å². The Hall–Kier alpha value is -0.610. The Labute approximate surface area is 116 Å². The van der Waals surface area contributed by atoms with Crippen molar-refractivity contribution in [2.75, 3.05) is 25.0 Å². The fraction of sp³-hybridized carbons (Fsp3) is 0.786. The molecule has 0 saturated carbocycles. The van der Waals surface area contributed by atoms with Crippen LogP contribution in [0, 0.1) is 5.92 Å². The molecule has 3 nitrogen and oxygen atoms in total. The summed E-state index contributed by atoms with van der Waals surface area (Å²) in [7, 11) is 0. The summed E-state index contributed by atoms with van der Waals surface area (Å²) >= 11 is 1.79. The largest absolute Gasteiger partial charge is 0.362 e. The van der Waals surface area contributed by atoms with Crippen molar-refractivity contribution in [1.29, 1.82) is 0 Å². The molecule has 0 aliphatic heterocycles. The average Bonchev–Trinajstić information content (AvgIpc) is 2.82. The summed E-state index contributed by atoms with van der Waals surface area (Å²) in [6.07, 6.45) is 4.41. The van der Waals surface area contributed by atoms with E-state index in [0.29, 0.717) is 0 Å². The van der Waals surface area contributed by atoms with E-state index in [1.165, 1.54) is 17.8 Å². The molecule has 4 heteroatoms. The lowest BCUT2D eigenvalue weighted by Gasteiger charge is -2.22. The van der Waals surface area contributed by atoms with Crippen molar-refractivity contribution in [2.24, 2.45) is 5.92 Å². The Morgan fingerprint density at radius 3 is 2.78 bits per heavy atom. The summed E-state index contributed by atoms with van der Waals surface area (Å²) < 4.78 is 0. The van der Waals surface area contributed by atoms with Gasteiger partial charge in [0.2, 0.25) is 0 Å². The molecule has 104 valence electrons. The minimum atomic E-state index is 0.774. The third-order valence-corrected chi connectivity index (χ3v) is 4.11. The summed E-state index contributed by atoms with van der Waals surface area (Å²) in [5.74, 6) is 0.774. The third-order valence-electron chi connectivity index (χ3n) is 3.17. The van der Waals surface area contributed by atoms with Crippen LogP contribution in [0.5, 0.6) is 0 Å². The second-order valence-corrected chi connectivity index (χ2v) is 6.01. The van der Waals surface area contributed by atoms with Gasteiger partial charge in [0.1, 0.15) is 0 Å².